The summed E-state index contributed by atoms with van der Waals surface area (Å²) in [7, 11) is 3.82. The molecule has 0 unspecified atom stereocenters. The fourth-order valence-corrected chi connectivity index (χ4v) is 2.47. The molecule has 0 spiro atoms. The average molecular weight is 378 g/mol. The topological polar surface area (TPSA) is 113 Å². The van der Waals surface area contributed by atoms with Gasteiger partial charge in [0.1, 0.15) is 5.56 Å². The molecule has 1 amide bonds. The molecule has 0 saturated heterocycles. The monoisotopic (exact) mass is 378 g/mol. The molecule has 0 fully saturated rings. The Morgan fingerprint density at radius 3 is 2.43 bits per heavy atom. The predicted molar refractivity (Wildman–Crippen MR) is 107 cm³/mol. The number of nitrogens with one attached hydrogen (secondary N) is 2. The highest BCUT2D eigenvalue weighted by Crippen LogP contribution is 2.22. The van der Waals surface area contributed by atoms with Crippen LogP contribution in [0.1, 0.15) is 10.4 Å². The van der Waals surface area contributed by atoms with Gasteiger partial charge in [-0.15, -0.1) is 5.10 Å². The third kappa shape index (κ3) is 4.39. The minimum absolute atomic E-state index is 0.00507. The lowest BCUT2D eigenvalue weighted by Gasteiger charge is -2.13. The summed E-state index contributed by atoms with van der Waals surface area (Å²) in [5.74, 6) is 0.0421. The lowest BCUT2D eigenvalue weighted by atomic mass is 10.1. The summed E-state index contributed by atoms with van der Waals surface area (Å²) in [6, 6.07) is 14.6. The third-order valence-corrected chi connectivity index (χ3v) is 3.92. The van der Waals surface area contributed by atoms with E-state index >= 15 is 0 Å². The van der Waals surface area contributed by atoms with E-state index in [1.165, 1.54) is 18.2 Å². The first-order valence-electron chi connectivity index (χ1n) is 8.36. The minimum atomic E-state index is -0.579. The van der Waals surface area contributed by atoms with Gasteiger partial charge in [-0.25, -0.2) is 0 Å². The SMILES string of the molecule is CN(C)c1cnnc(Nc2ccc(NC(=O)c3ccccc3[N+](=O)[O-])cc2)c1. The van der Waals surface area contributed by atoms with Crippen LogP contribution in [0.25, 0.3) is 0 Å². The van der Waals surface area contributed by atoms with Gasteiger partial charge < -0.3 is 15.5 Å². The number of amides is 1. The van der Waals surface area contributed by atoms with Crippen molar-refractivity contribution in [2.45, 2.75) is 0 Å². The summed E-state index contributed by atoms with van der Waals surface area (Å²) in [5.41, 5.74) is 1.95. The molecular weight excluding hydrogens is 360 g/mol. The number of nitro benzene ring substituents is 1. The molecule has 2 N–H and O–H groups in total. The molecule has 0 bridgehead atoms. The van der Waals surface area contributed by atoms with Gasteiger partial charge in [0.2, 0.25) is 0 Å². The first-order chi connectivity index (χ1) is 13.4. The Kier molecular flexibility index (Phi) is 5.45. The van der Waals surface area contributed by atoms with E-state index in [2.05, 4.69) is 20.8 Å². The Morgan fingerprint density at radius 1 is 1.07 bits per heavy atom. The molecule has 1 heterocycles. The van der Waals surface area contributed by atoms with Crippen LogP contribution in [-0.4, -0.2) is 35.1 Å². The van der Waals surface area contributed by atoms with Crippen molar-refractivity contribution < 1.29 is 9.72 Å². The van der Waals surface area contributed by atoms with E-state index in [0.717, 1.165) is 11.4 Å². The van der Waals surface area contributed by atoms with Crippen LogP contribution in [0.5, 0.6) is 0 Å². The van der Waals surface area contributed by atoms with Crippen LogP contribution in [0.2, 0.25) is 0 Å². The number of hydrogen-bond acceptors (Lipinski definition) is 7. The molecule has 1 aromatic heterocycles. The molecule has 28 heavy (non-hydrogen) atoms. The van der Waals surface area contributed by atoms with Crippen LogP contribution < -0.4 is 15.5 Å². The molecule has 0 atom stereocenters. The quantitative estimate of drug-likeness (QED) is 0.499. The smallest absolute Gasteiger partial charge is 0.282 e. The molecule has 9 nitrogen and oxygen atoms in total. The Morgan fingerprint density at radius 2 is 1.75 bits per heavy atom. The first-order valence-corrected chi connectivity index (χ1v) is 8.36. The second-order valence-corrected chi connectivity index (χ2v) is 6.12. The zero-order chi connectivity index (χ0) is 20.1. The number of anilines is 4. The molecule has 0 saturated carbocycles. The Hall–Kier alpha value is -4.01. The normalized spacial score (nSPS) is 10.2. The van der Waals surface area contributed by atoms with Crippen LogP contribution >= 0.6 is 0 Å². The Labute approximate surface area is 161 Å². The summed E-state index contributed by atoms with van der Waals surface area (Å²) in [6.45, 7) is 0. The summed E-state index contributed by atoms with van der Waals surface area (Å²) in [6.07, 6.45) is 1.66. The average Bonchev–Trinajstić information content (AvgIpc) is 2.69. The number of hydrogen-bond donors (Lipinski definition) is 2. The van der Waals surface area contributed by atoms with Gasteiger partial charge in [-0.1, -0.05) is 12.1 Å². The van der Waals surface area contributed by atoms with Crippen LogP contribution in [-0.2, 0) is 0 Å². The first kappa shape index (κ1) is 18.8. The van der Waals surface area contributed by atoms with E-state index in [9.17, 15) is 14.9 Å². The van der Waals surface area contributed by atoms with Gasteiger partial charge in [0.15, 0.2) is 5.82 Å². The van der Waals surface area contributed by atoms with Crippen molar-refractivity contribution in [3.63, 3.8) is 0 Å². The lowest BCUT2D eigenvalue weighted by molar-refractivity contribution is -0.385. The molecule has 142 valence electrons. The van der Waals surface area contributed by atoms with Crippen molar-refractivity contribution in [3.05, 3.63) is 76.5 Å². The van der Waals surface area contributed by atoms with Crippen molar-refractivity contribution in [1.82, 2.24) is 10.2 Å². The van der Waals surface area contributed by atoms with Gasteiger partial charge in [0.25, 0.3) is 11.6 Å². The molecule has 3 aromatic rings. The summed E-state index contributed by atoms with van der Waals surface area (Å²) < 4.78 is 0. The number of rotatable bonds is 6. The molecular formula is C19H18N6O3. The molecule has 0 aliphatic carbocycles. The molecule has 3 rings (SSSR count). The van der Waals surface area contributed by atoms with Crippen LogP contribution in [0.15, 0.2) is 60.8 Å². The number of carbonyl (C=O) groups excluding carboxylic acids is 1. The largest absolute Gasteiger partial charge is 0.376 e. The third-order valence-electron chi connectivity index (χ3n) is 3.92. The number of nitrogens with zero attached hydrogens (tertiary/aromatic N) is 4. The highest BCUT2D eigenvalue weighted by molar-refractivity contribution is 6.07. The highest BCUT2D eigenvalue weighted by Gasteiger charge is 2.19. The maximum atomic E-state index is 12.4. The number of carbonyl (C=O) groups is 1. The molecule has 0 aliphatic heterocycles. The van der Waals surface area contributed by atoms with E-state index in [1.807, 2.05) is 25.1 Å². The fraction of sp³-hybridized carbons (Fsp3) is 0.105. The van der Waals surface area contributed by atoms with E-state index < -0.39 is 10.8 Å². The number of para-hydroxylation sites is 1. The van der Waals surface area contributed by atoms with Crippen molar-refractivity contribution in [2.24, 2.45) is 0 Å². The van der Waals surface area contributed by atoms with E-state index in [1.54, 1.807) is 36.5 Å². The van der Waals surface area contributed by atoms with Crippen molar-refractivity contribution >= 4 is 34.5 Å². The zero-order valence-corrected chi connectivity index (χ0v) is 15.3. The van der Waals surface area contributed by atoms with Crippen LogP contribution in [0.4, 0.5) is 28.6 Å². The molecule has 2 aromatic carbocycles. The zero-order valence-electron chi connectivity index (χ0n) is 15.3. The Bertz CT molecular complexity index is 1000. The molecule has 0 aliphatic rings. The van der Waals surface area contributed by atoms with Gasteiger partial charge in [-0.2, -0.15) is 5.10 Å². The second kappa shape index (κ2) is 8.12. The standard InChI is InChI=1S/C19H18N6O3/c1-24(2)15-11-18(23-20-12-15)21-13-7-9-14(10-8-13)22-19(26)16-5-3-4-6-17(16)25(27)28/h3-12H,1-2H3,(H,21,23)(H,22,26). The van der Waals surface area contributed by atoms with E-state index in [-0.39, 0.29) is 11.3 Å². The van der Waals surface area contributed by atoms with E-state index in [0.29, 0.717) is 11.5 Å². The van der Waals surface area contributed by atoms with Crippen molar-refractivity contribution in [3.8, 4) is 0 Å². The maximum Gasteiger partial charge on any atom is 0.282 e. The van der Waals surface area contributed by atoms with Crippen molar-refractivity contribution in [2.75, 3.05) is 29.6 Å². The molecule has 0 radical (unpaired) electrons. The van der Waals surface area contributed by atoms with Gasteiger partial charge >= 0.3 is 0 Å². The van der Waals surface area contributed by atoms with E-state index in [4.69, 9.17) is 0 Å². The van der Waals surface area contributed by atoms with Gasteiger partial charge in [0.05, 0.1) is 16.8 Å². The maximum absolute atomic E-state index is 12.4. The lowest BCUT2D eigenvalue weighted by Crippen LogP contribution is -2.13. The number of benzene rings is 2. The summed E-state index contributed by atoms with van der Waals surface area (Å²) >= 11 is 0. The van der Waals surface area contributed by atoms with Gasteiger partial charge in [-0.05, 0) is 30.3 Å². The Balaban J connectivity index is 1.70. The van der Waals surface area contributed by atoms with Crippen LogP contribution in [0.3, 0.4) is 0 Å². The number of aromatic nitrogens is 2. The van der Waals surface area contributed by atoms with Gasteiger partial charge in [-0.3, -0.25) is 14.9 Å². The number of nitro groups is 1. The summed E-state index contributed by atoms with van der Waals surface area (Å²) in [5, 5.41) is 24.8. The molecule has 9 heteroatoms. The summed E-state index contributed by atoms with van der Waals surface area (Å²) in [4.78, 5) is 24.8. The van der Waals surface area contributed by atoms with Crippen LogP contribution in [0, 0.1) is 10.1 Å². The van der Waals surface area contributed by atoms with Crippen molar-refractivity contribution in [1.29, 1.82) is 0 Å². The second-order valence-electron chi connectivity index (χ2n) is 6.12. The fourth-order valence-electron chi connectivity index (χ4n) is 2.47. The highest BCUT2D eigenvalue weighted by atomic mass is 16.6. The minimum Gasteiger partial charge on any atom is -0.376 e. The predicted octanol–water partition coefficient (Wildman–Crippen LogP) is 3.45. The van der Waals surface area contributed by atoms with Gasteiger partial charge in [0, 0.05) is 37.6 Å².